The van der Waals surface area contributed by atoms with Crippen LogP contribution in [0.15, 0.2) is 53.4 Å². The molecule has 4 nitrogen and oxygen atoms in total. The predicted molar refractivity (Wildman–Crippen MR) is 95.6 cm³/mol. The fourth-order valence-electron chi connectivity index (χ4n) is 2.51. The number of nitrogens with one attached hydrogen (secondary N) is 1. The van der Waals surface area contributed by atoms with Crippen LogP contribution in [0.4, 0.5) is 0 Å². The molecule has 0 bridgehead atoms. The van der Waals surface area contributed by atoms with E-state index in [0.717, 1.165) is 23.1 Å². The average molecular weight is 345 g/mol. The molecule has 1 atom stereocenters. The van der Waals surface area contributed by atoms with Gasteiger partial charge in [-0.2, -0.15) is 0 Å². The summed E-state index contributed by atoms with van der Waals surface area (Å²) in [6.07, 6.45) is 2.25. The molecule has 0 radical (unpaired) electrons. The van der Waals surface area contributed by atoms with Crippen molar-refractivity contribution in [2.45, 2.75) is 37.6 Å². The lowest BCUT2D eigenvalue weighted by atomic mass is 10.0. The van der Waals surface area contributed by atoms with Crippen LogP contribution in [0, 0.1) is 6.92 Å². The summed E-state index contributed by atoms with van der Waals surface area (Å²) in [6, 6.07) is 14.4. The van der Waals surface area contributed by atoms with Crippen LogP contribution in [0.5, 0.6) is 0 Å². The lowest BCUT2D eigenvalue weighted by Crippen LogP contribution is -2.29. The smallest absolute Gasteiger partial charge is 0.224 e. The van der Waals surface area contributed by atoms with E-state index < -0.39 is 9.84 Å². The standard InChI is InChI=1S/C19H23NO3S/c1-4-18(16-9-11-17(12-10-16)24(3,22)23)20-19(21)13-15-7-5-14(2)6-8-15/h5-12,18H,4,13H2,1-3H3,(H,20,21). The van der Waals surface area contributed by atoms with Gasteiger partial charge < -0.3 is 5.32 Å². The Hall–Kier alpha value is -2.14. The van der Waals surface area contributed by atoms with E-state index in [1.807, 2.05) is 38.1 Å². The van der Waals surface area contributed by atoms with E-state index >= 15 is 0 Å². The molecule has 5 heteroatoms. The molecule has 24 heavy (non-hydrogen) atoms. The minimum atomic E-state index is -3.21. The Morgan fingerprint density at radius 3 is 2.12 bits per heavy atom. The van der Waals surface area contributed by atoms with E-state index in [2.05, 4.69) is 5.32 Å². The van der Waals surface area contributed by atoms with Crippen molar-refractivity contribution in [1.82, 2.24) is 5.32 Å². The predicted octanol–water partition coefficient (Wildman–Crippen LogP) is 3.21. The first-order chi connectivity index (χ1) is 11.3. The highest BCUT2D eigenvalue weighted by molar-refractivity contribution is 7.90. The molecule has 0 aliphatic heterocycles. The highest BCUT2D eigenvalue weighted by atomic mass is 32.2. The molecule has 128 valence electrons. The van der Waals surface area contributed by atoms with Crippen LogP contribution in [0.3, 0.4) is 0 Å². The molecule has 0 heterocycles. The molecule has 2 aromatic carbocycles. The minimum absolute atomic E-state index is 0.0436. The van der Waals surface area contributed by atoms with E-state index in [-0.39, 0.29) is 16.8 Å². The topological polar surface area (TPSA) is 63.2 Å². The Kier molecular flexibility index (Phi) is 5.78. The lowest BCUT2D eigenvalue weighted by molar-refractivity contribution is -0.121. The van der Waals surface area contributed by atoms with Crippen molar-refractivity contribution in [3.8, 4) is 0 Å². The fraction of sp³-hybridized carbons (Fsp3) is 0.316. The van der Waals surface area contributed by atoms with Crippen molar-refractivity contribution in [3.05, 3.63) is 65.2 Å². The average Bonchev–Trinajstić information content (AvgIpc) is 2.54. The van der Waals surface area contributed by atoms with Crippen molar-refractivity contribution in [3.63, 3.8) is 0 Å². The summed E-state index contributed by atoms with van der Waals surface area (Å²) in [5, 5.41) is 3.02. The zero-order valence-corrected chi connectivity index (χ0v) is 15.1. The van der Waals surface area contributed by atoms with Gasteiger partial charge in [-0.1, -0.05) is 48.9 Å². The molecule has 0 fully saturated rings. The van der Waals surface area contributed by atoms with Crippen LogP contribution in [0.1, 0.15) is 36.1 Å². The Labute approximate surface area is 143 Å². The van der Waals surface area contributed by atoms with Gasteiger partial charge >= 0.3 is 0 Å². The van der Waals surface area contributed by atoms with Crippen molar-refractivity contribution < 1.29 is 13.2 Å². The van der Waals surface area contributed by atoms with Crippen molar-refractivity contribution in [2.75, 3.05) is 6.26 Å². The Bertz CT molecular complexity index is 794. The summed E-state index contributed by atoms with van der Waals surface area (Å²) < 4.78 is 23.0. The third-order valence-corrected chi connectivity index (χ3v) is 5.07. The number of benzene rings is 2. The van der Waals surface area contributed by atoms with E-state index in [4.69, 9.17) is 0 Å². The summed E-state index contributed by atoms with van der Waals surface area (Å²) in [5.74, 6) is -0.0436. The minimum Gasteiger partial charge on any atom is -0.349 e. The monoisotopic (exact) mass is 345 g/mol. The number of hydrogen-bond acceptors (Lipinski definition) is 3. The highest BCUT2D eigenvalue weighted by Crippen LogP contribution is 2.19. The zero-order valence-electron chi connectivity index (χ0n) is 14.2. The van der Waals surface area contributed by atoms with Gasteiger partial charge in [0.05, 0.1) is 17.4 Å². The Morgan fingerprint density at radius 1 is 1.04 bits per heavy atom. The van der Waals surface area contributed by atoms with Crippen LogP contribution >= 0.6 is 0 Å². The van der Waals surface area contributed by atoms with Gasteiger partial charge in [0.25, 0.3) is 0 Å². The first-order valence-corrected chi connectivity index (χ1v) is 9.83. The SMILES string of the molecule is CCC(NC(=O)Cc1ccc(C)cc1)c1ccc(S(C)(=O)=O)cc1. The summed E-state index contributed by atoms with van der Waals surface area (Å²) in [6.45, 7) is 4.00. The summed E-state index contributed by atoms with van der Waals surface area (Å²) in [7, 11) is -3.21. The molecule has 1 unspecified atom stereocenters. The van der Waals surface area contributed by atoms with Gasteiger partial charge in [0, 0.05) is 6.26 Å². The van der Waals surface area contributed by atoms with Gasteiger partial charge in [-0.15, -0.1) is 0 Å². The quantitative estimate of drug-likeness (QED) is 0.874. The molecular formula is C19H23NO3S. The largest absolute Gasteiger partial charge is 0.349 e. The molecule has 2 rings (SSSR count). The second kappa shape index (κ2) is 7.62. The van der Waals surface area contributed by atoms with Crippen molar-refractivity contribution >= 4 is 15.7 Å². The summed E-state index contributed by atoms with van der Waals surface area (Å²) in [4.78, 5) is 12.5. The molecule has 1 amide bonds. The molecule has 1 N–H and O–H groups in total. The van der Waals surface area contributed by atoms with Crippen molar-refractivity contribution in [2.24, 2.45) is 0 Å². The molecule has 0 saturated carbocycles. The number of carbonyl (C=O) groups excluding carboxylic acids is 1. The van der Waals surface area contributed by atoms with Gasteiger partial charge in [-0.3, -0.25) is 4.79 Å². The number of hydrogen-bond donors (Lipinski definition) is 1. The van der Waals surface area contributed by atoms with E-state index in [9.17, 15) is 13.2 Å². The fourth-order valence-corrected chi connectivity index (χ4v) is 3.14. The highest BCUT2D eigenvalue weighted by Gasteiger charge is 2.14. The van der Waals surface area contributed by atoms with Crippen LogP contribution in [0.25, 0.3) is 0 Å². The molecule has 0 saturated heterocycles. The normalized spacial score (nSPS) is 12.6. The first kappa shape index (κ1) is 18.2. The molecule has 0 aromatic heterocycles. The van der Waals surface area contributed by atoms with E-state index in [1.54, 1.807) is 24.3 Å². The molecule has 0 spiro atoms. The number of rotatable bonds is 6. The maximum absolute atomic E-state index is 12.3. The lowest BCUT2D eigenvalue weighted by Gasteiger charge is -2.18. The van der Waals surface area contributed by atoms with Gasteiger partial charge in [0.1, 0.15) is 0 Å². The number of carbonyl (C=O) groups is 1. The van der Waals surface area contributed by atoms with E-state index in [0.29, 0.717) is 6.42 Å². The second-order valence-electron chi connectivity index (χ2n) is 6.03. The van der Waals surface area contributed by atoms with E-state index in [1.165, 1.54) is 6.26 Å². The summed E-state index contributed by atoms with van der Waals surface area (Å²) >= 11 is 0. The third-order valence-electron chi connectivity index (χ3n) is 3.94. The molecule has 2 aromatic rings. The Morgan fingerprint density at radius 2 is 1.62 bits per heavy atom. The van der Waals surface area contributed by atoms with Gasteiger partial charge in [0.15, 0.2) is 9.84 Å². The molecule has 0 aliphatic carbocycles. The van der Waals surface area contributed by atoms with Crippen LogP contribution < -0.4 is 5.32 Å². The number of aryl methyl sites for hydroxylation is 1. The zero-order chi connectivity index (χ0) is 17.7. The van der Waals surface area contributed by atoms with Crippen LogP contribution in [-0.2, 0) is 21.1 Å². The molecular weight excluding hydrogens is 322 g/mol. The number of amides is 1. The van der Waals surface area contributed by atoms with Gasteiger partial charge in [0.2, 0.25) is 5.91 Å². The number of sulfone groups is 1. The van der Waals surface area contributed by atoms with Gasteiger partial charge in [-0.25, -0.2) is 8.42 Å². The van der Waals surface area contributed by atoms with Crippen molar-refractivity contribution in [1.29, 1.82) is 0 Å². The van der Waals surface area contributed by atoms with Crippen LogP contribution in [0.2, 0.25) is 0 Å². The second-order valence-corrected chi connectivity index (χ2v) is 8.05. The molecule has 0 aliphatic rings. The third kappa shape index (κ3) is 4.93. The Balaban J connectivity index is 2.05. The van der Waals surface area contributed by atoms with Gasteiger partial charge in [-0.05, 0) is 36.6 Å². The maximum atomic E-state index is 12.3. The first-order valence-electron chi connectivity index (χ1n) is 7.94. The summed E-state index contributed by atoms with van der Waals surface area (Å²) in [5.41, 5.74) is 3.04. The maximum Gasteiger partial charge on any atom is 0.224 e. The van der Waals surface area contributed by atoms with Crippen LogP contribution in [-0.4, -0.2) is 20.6 Å².